The van der Waals surface area contributed by atoms with Crippen molar-refractivity contribution in [2.24, 2.45) is 0 Å². The molecule has 0 bridgehead atoms. The van der Waals surface area contributed by atoms with Crippen LogP contribution in [-0.2, 0) is 9.47 Å². The SMILES string of the molecule is C.Cc1cc(C(=O)OCCO)cc(C(=O)OCCO)c1. The lowest BCUT2D eigenvalue weighted by molar-refractivity contribution is 0.0430. The van der Waals surface area contributed by atoms with E-state index in [2.05, 4.69) is 0 Å². The number of benzene rings is 1. The van der Waals surface area contributed by atoms with Gasteiger partial charge in [0, 0.05) is 0 Å². The molecule has 6 nitrogen and oxygen atoms in total. The zero-order valence-electron chi connectivity index (χ0n) is 10.6. The van der Waals surface area contributed by atoms with Gasteiger partial charge in [0.2, 0.25) is 0 Å². The maximum atomic E-state index is 11.6. The average molecular weight is 284 g/mol. The smallest absolute Gasteiger partial charge is 0.338 e. The minimum absolute atomic E-state index is 0. The second kappa shape index (κ2) is 9.06. The number of carbonyl (C=O) groups excluding carboxylic acids is 2. The molecule has 20 heavy (non-hydrogen) atoms. The molecule has 1 aromatic rings. The largest absolute Gasteiger partial charge is 0.460 e. The maximum Gasteiger partial charge on any atom is 0.338 e. The quantitative estimate of drug-likeness (QED) is 0.755. The molecule has 0 unspecified atom stereocenters. The van der Waals surface area contributed by atoms with E-state index in [4.69, 9.17) is 19.7 Å². The highest BCUT2D eigenvalue weighted by molar-refractivity contribution is 5.95. The fourth-order valence-corrected chi connectivity index (χ4v) is 1.46. The Kier molecular flexibility index (Phi) is 8.19. The summed E-state index contributed by atoms with van der Waals surface area (Å²) in [7, 11) is 0. The molecule has 112 valence electrons. The number of ether oxygens (including phenoxy) is 2. The van der Waals surface area contributed by atoms with Gasteiger partial charge in [-0.3, -0.25) is 0 Å². The molecule has 0 atom stereocenters. The minimum Gasteiger partial charge on any atom is -0.460 e. The summed E-state index contributed by atoms with van der Waals surface area (Å²) in [5, 5.41) is 17.2. The van der Waals surface area contributed by atoms with Gasteiger partial charge in [0.05, 0.1) is 24.3 Å². The third-order valence-corrected chi connectivity index (χ3v) is 2.20. The van der Waals surface area contributed by atoms with Crippen molar-refractivity contribution >= 4 is 11.9 Å². The summed E-state index contributed by atoms with van der Waals surface area (Å²) < 4.78 is 9.53. The molecule has 0 spiro atoms. The Morgan fingerprint density at radius 3 is 1.70 bits per heavy atom. The van der Waals surface area contributed by atoms with E-state index in [1.54, 1.807) is 19.1 Å². The third-order valence-electron chi connectivity index (χ3n) is 2.20. The molecule has 1 rings (SSSR count). The van der Waals surface area contributed by atoms with E-state index >= 15 is 0 Å². The van der Waals surface area contributed by atoms with Crippen LogP contribution in [0, 0.1) is 6.92 Å². The Labute approximate surface area is 117 Å². The molecule has 0 aliphatic rings. The van der Waals surface area contributed by atoms with E-state index in [1.165, 1.54) is 6.07 Å². The van der Waals surface area contributed by atoms with E-state index in [0.717, 1.165) is 0 Å². The summed E-state index contributed by atoms with van der Waals surface area (Å²) in [6, 6.07) is 4.50. The van der Waals surface area contributed by atoms with Crippen molar-refractivity contribution in [3.63, 3.8) is 0 Å². The highest BCUT2D eigenvalue weighted by Gasteiger charge is 2.13. The Bertz CT molecular complexity index is 417. The van der Waals surface area contributed by atoms with Crippen molar-refractivity contribution in [2.45, 2.75) is 14.4 Å². The number of aryl methyl sites for hydroxylation is 1. The van der Waals surface area contributed by atoms with E-state index in [0.29, 0.717) is 5.56 Å². The first-order valence-electron chi connectivity index (χ1n) is 5.76. The van der Waals surface area contributed by atoms with Gasteiger partial charge < -0.3 is 19.7 Å². The van der Waals surface area contributed by atoms with Gasteiger partial charge in [-0.2, -0.15) is 0 Å². The predicted octanol–water partition coefficient (Wildman–Crippen LogP) is 0.929. The van der Waals surface area contributed by atoms with Crippen LogP contribution in [0.3, 0.4) is 0 Å². The van der Waals surface area contributed by atoms with E-state index in [9.17, 15) is 9.59 Å². The molecule has 0 aliphatic carbocycles. The maximum absolute atomic E-state index is 11.6. The van der Waals surface area contributed by atoms with Crippen molar-refractivity contribution in [1.82, 2.24) is 0 Å². The standard InChI is InChI=1S/C13H16O6.CH4/c1-9-6-10(12(16)18-4-2-14)8-11(7-9)13(17)19-5-3-15;/h6-8,14-15H,2-5H2,1H3;1H4. The van der Waals surface area contributed by atoms with Gasteiger partial charge >= 0.3 is 11.9 Å². The number of hydrogen-bond acceptors (Lipinski definition) is 6. The molecule has 0 saturated carbocycles. The van der Waals surface area contributed by atoms with Crippen molar-refractivity contribution < 1.29 is 29.3 Å². The molecule has 0 saturated heterocycles. The molecule has 0 amide bonds. The number of aliphatic hydroxyl groups excluding tert-OH is 2. The number of hydrogen-bond donors (Lipinski definition) is 2. The number of rotatable bonds is 6. The molecule has 0 radical (unpaired) electrons. The number of aliphatic hydroxyl groups is 2. The molecule has 0 aromatic heterocycles. The topological polar surface area (TPSA) is 93.1 Å². The Hall–Kier alpha value is -1.92. The zero-order chi connectivity index (χ0) is 14.3. The monoisotopic (exact) mass is 284 g/mol. The van der Waals surface area contributed by atoms with Gasteiger partial charge in [-0.15, -0.1) is 0 Å². The fourth-order valence-electron chi connectivity index (χ4n) is 1.46. The summed E-state index contributed by atoms with van der Waals surface area (Å²) in [6.07, 6.45) is 0. The van der Waals surface area contributed by atoms with Gasteiger partial charge in [0.25, 0.3) is 0 Å². The second-order valence-corrected chi connectivity index (χ2v) is 3.81. The van der Waals surface area contributed by atoms with Gasteiger partial charge in [0.15, 0.2) is 0 Å². The highest BCUT2D eigenvalue weighted by atomic mass is 16.5. The predicted molar refractivity (Wildman–Crippen MR) is 72.6 cm³/mol. The molecule has 6 heteroatoms. The van der Waals surface area contributed by atoms with Gasteiger partial charge in [0.1, 0.15) is 13.2 Å². The van der Waals surface area contributed by atoms with Crippen LogP contribution in [0.25, 0.3) is 0 Å². The van der Waals surface area contributed by atoms with Crippen LogP contribution < -0.4 is 0 Å². The van der Waals surface area contributed by atoms with Crippen LogP contribution in [-0.4, -0.2) is 48.6 Å². The molecule has 0 aliphatic heterocycles. The first kappa shape index (κ1) is 18.1. The normalized spacial score (nSPS) is 9.55. The summed E-state index contributed by atoms with van der Waals surface area (Å²) in [5.74, 6) is -1.23. The molecular formula is C14H20O6. The molecule has 0 fully saturated rings. The summed E-state index contributed by atoms with van der Waals surface area (Å²) in [5.41, 5.74) is 1.13. The first-order valence-corrected chi connectivity index (χ1v) is 5.76. The lowest BCUT2D eigenvalue weighted by Crippen LogP contribution is -2.12. The Balaban J connectivity index is 0.00000361. The van der Waals surface area contributed by atoms with Gasteiger partial charge in [-0.05, 0) is 30.7 Å². The van der Waals surface area contributed by atoms with Gasteiger partial charge in [-0.1, -0.05) is 7.43 Å². The molecule has 2 N–H and O–H groups in total. The van der Waals surface area contributed by atoms with Crippen LogP contribution in [0.15, 0.2) is 18.2 Å². The molecular weight excluding hydrogens is 264 g/mol. The van der Waals surface area contributed by atoms with Crippen molar-refractivity contribution in [1.29, 1.82) is 0 Å². The van der Waals surface area contributed by atoms with Crippen LogP contribution in [0.2, 0.25) is 0 Å². The van der Waals surface area contributed by atoms with E-state index in [-0.39, 0.29) is 45.0 Å². The van der Waals surface area contributed by atoms with Crippen LogP contribution in [0.5, 0.6) is 0 Å². The number of carbonyl (C=O) groups is 2. The fraction of sp³-hybridized carbons (Fsp3) is 0.429. The second-order valence-electron chi connectivity index (χ2n) is 3.81. The lowest BCUT2D eigenvalue weighted by atomic mass is 10.1. The summed E-state index contributed by atoms with van der Waals surface area (Å²) in [6.45, 7) is 1.01. The van der Waals surface area contributed by atoms with Crippen LogP contribution in [0.1, 0.15) is 33.7 Å². The van der Waals surface area contributed by atoms with E-state index < -0.39 is 11.9 Å². The van der Waals surface area contributed by atoms with Crippen molar-refractivity contribution in [2.75, 3.05) is 26.4 Å². The van der Waals surface area contributed by atoms with E-state index in [1.807, 2.05) is 0 Å². The molecule has 1 aromatic carbocycles. The molecule has 0 heterocycles. The first-order chi connectivity index (χ1) is 9.08. The third kappa shape index (κ3) is 5.38. The lowest BCUT2D eigenvalue weighted by Gasteiger charge is -2.07. The summed E-state index contributed by atoms with van der Waals surface area (Å²) >= 11 is 0. The Morgan fingerprint density at radius 1 is 0.950 bits per heavy atom. The van der Waals surface area contributed by atoms with Crippen LogP contribution in [0.4, 0.5) is 0 Å². The summed E-state index contributed by atoms with van der Waals surface area (Å²) in [4.78, 5) is 23.2. The van der Waals surface area contributed by atoms with Gasteiger partial charge in [-0.25, -0.2) is 9.59 Å². The zero-order valence-corrected chi connectivity index (χ0v) is 10.6. The Morgan fingerprint density at radius 2 is 1.35 bits per heavy atom. The van der Waals surface area contributed by atoms with Crippen LogP contribution >= 0.6 is 0 Å². The number of esters is 2. The highest BCUT2D eigenvalue weighted by Crippen LogP contribution is 2.12. The van der Waals surface area contributed by atoms with Crippen molar-refractivity contribution in [3.05, 3.63) is 34.9 Å². The average Bonchev–Trinajstić information content (AvgIpc) is 2.41. The minimum atomic E-state index is -0.617. The van der Waals surface area contributed by atoms with Crippen molar-refractivity contribution in [3.8, 4) is 0 Å².